The molecule has 1 heterocycles. The van der Waals surface area contributed by atoms with Crippen LogP contribution >= 0.6 is 55.4 Å². The van der Waals surface area contributed by atoms with Gasteiger partial charge in [0, 0.05) is 5.56 Å². The van der Waals surface area contributed by atoms with Crippen molar-refractivity contribution in [2.75, 3.05) is 6.26 Å². The van der Waals surface area contributed by atoms with Crippen molar-refractivity contribution in [3.05, 3.63) is 31.3 Å². The van der Waals surface area contributed by atoms with E-state index in [2.05, 4.69) is 36.9 Å². The van der Waals surface area contributed by atoms with Crippen LogP contribution in [-0.2, 0) is 4.79 Å². The molecule has 0 fully saturated rings. The Bertz CT molecular complexity index is 632. The molecule has 100 valence electrons. The fourth-order valence-corrected chi connectivity index (χ4v) is 3.90. The fourth-order valence-electron chi connectivity index (χ4n) is 1.33. The van der Waals surface area contributed by atoms with E-state index in [4.69, 9.17) is 0 Å². The molecule has 1 aliphatic rings. The van der Waals surface area contributed by atoms with Crippen LogP contribution in [0.5, 0.6) is 5.75 Å². The van der Waals surface area contributed by atoms with Crippen LogP contribution in [0.25, 0.3) is 6.08 Å². The number of rotatable bonds is 1. The molecule has 0 bridgehead atoms. The zero-order chi connectivity index (χ0) is 14.2. The molecule has 0 saturated carbocycles. The molecule has 0 atom stereocenters. The van der Waals surface area contributed by atoms with Crippen molar-refractivity contribution < 1.29 is 14.3 Å². The Morgan fingerprint density at radius 3 is 2.79 bits per heavy atom. The average molecular weight is 427 g/mol. The lowest BCUT2D eigenvalue weighted by Crippen LogP contribution is -1.90. The number of phenols is 1. The monoisotopic (exact) mass is 425 g/mol. The van der Waals surface area contributed by atoms with Crippen molar-refractivity contribution in [3.8, 4) is 5.75 Å². The molecule has 1 aliphatic heterocycles. The second kappa shape index (κ2) is 5.99. The minimum Gasteiger partial charge on any atom is -0.506 e. The quantitative estimate of drug-likeness (QED) is 0.534. The summed E-state index contributed by atoms with van der Waals surface area (Å²) in [7, 11) is 0. The van der Waals surface area contributed by atoms with Gasteiger partial charge in [-0.1, -0.05) is 11.8 Å². The normalized spacial score (nSPS) is 17.2. The number of aliphatic imine (C=N–C) groups is 1. The number of hydrogen-bond acceptors (Lipinski definition) is 4. The molecule has 1 aromatic rings. The summed E-state index contributed by atoms with van der Waals surface area (Å²) in [4.78, 5) is 15.9. The number of carbonyl (C=O) groups excluding carboxylic acids is 1. The number of halogens is 3. The number of thioether (sulfide) groups is 2. The lowest BCUT2D eigenvalue weighted by Gasteiger charge is -2.06. The smallest absolute Gasteiger partial charge is 0.285 e. The van der Waals surface area contributed by atoms with Crippen LogP contribution in [0.15, 0.2) is 24.9 Å². The first kappa shape index (κ1) is 15.1. The number of amides is 1. The number of carbonyl (C=O) groups is 1. The molecular formula is C11H6Br2FNO2S2. The van der Waals surface area contributed by atoms with Crippen LogP contribution in [0.4, 0.5) is 4.39 Å². The molecule has 0 aromatic heterocycles. The van der Waals surface area contributed by atoms with Gasteiger partial charge in [0.05, 0.1) is 13.9 Å². The van der Waals surface area contributed by atoms with Gasteiger partial charge in [-0.2, -0.15) is 4.99 Å². The van der Waals surface area contributed by atoms with E-state index in [0.717, 1.165) is 0 Å². The predicted molar refractivity (Wildman–Crippen MR) is 85.0 cm³/mol. The van der Waals surface area contributed by atoms with Gasteiger partial charge in [-0.05, 0) is 50.3 Å². The number of aromatic hydroxyl groups is 1. The van der Waals surface area contributed by atoms with Gasteiger partial charge >= 0.3 is 0 Å². The first-order valence-electron chi connectivity index (χ1n) is 4.87. The van der Waals surface area contributed by atoms with Crippen LogP contribution in [0.3, 0.4) is 0 Å². The molecule has 2 rings (SSSR count). The molecule has 19 heavy (non-hydrogen) atoms. The summed E-state index contributed by atoms with van der Waals surface area (Å²) in [6.07, 6.45) is 3.31. The van der Waals surface area contributed by atoms with E-state index in [1.165, 1.54) is 35.7 Å². The van der Waals surface area contributed by atoms with Crippen LogP contribution in [0.2, 0.25) is 0 Å². The first-order chi connectivity index (χ1) is 8.93. The molecule has 0 unspecified atom stereocenters. The van der Waals surface area contributed by atoms with Gasteiger partial charge in [-0.25, -0.2) is 4.39 Å². The zero-order valence-electron chi connectivity index (χ0n) is 9.41. The summed E-state index contributed by atoms with van der Waals surface area (Å²) < 4.78 is 14.3. The van der Waals surface area contributed by atoms with Gasteiger partial charge in [0.1, 0.15) is 10.1 Å². The largest absolute Gasteiger partial charge is 0.506 e. The Morgan fingerprint density at radius 2 is 2.21 bits per heavy atom. The Labute approximate surface area is 134 Å². The summed E-state index contributed by atoms with van der Waals surface area (Å²) in [5.74, 6) is -1.20. The first-order valence-corrected chi connectivity index (χ1v) is 8.49. The molecular weight excluding hydrogens is 421 g/mol. The maximum Gasteiger partial charge on any atom is 0.285 e. The Kier molecular flexibility index (Phi) is 4.75. The highest BCUT2D eigenvalue weighted by atomic mass is 79.9. The minimum atomic E-state index is -0.592. The highest BCUT2D eigenvalue weighted by Crippen LogP contribution is 2.39. The predicted octanol–water partition coefficient (Wildman–Crippen LogP) is 4.39. The van der Waals surface area contributed by atoms with E-state index in [0.29, 0.717) is 14.8 Å². The van der Waals surface area contributed by atoms with Crippen molar-refractivity contribution in [1.82, 2.24) is 0 Å². The van der Waals surface area contributed by atoms with E-state index in [9.17, 15) is 14.3 Å². The maximum absolute atomic E-state index is 13.5. The Balaban J connectivity index is 2.43. The summed E-state index contributed by atoms with van der Waals surface area (Å²) in [5, 5.41) is 9.86. The van der Waals surface area contributed by atoms with Crippen LogP contribution < -0.4 is 0 Å². The van der Waals surface area contributed by atoms with E-state index < -0.39 is 5.82 Å². The lowest BCUT2D eigenvalue weighted by molar-refractivity contribution is -0.113. The van der Waals surface area contributed by atoms with Gasteiger partial charge in [-0.3, -0.25) is 4.79 Å². The van der Waals surface area contributed by atoms with E-state index >= 15 is 0 Å². The summed E-state index contributed by atoms with van der Waals surface area (Å²) in [5.41, 5.74) is 0.341. The second-order valence-electron chi connectivity index (χ2n) is 3.42. The highest BCUT2D eigenvalue weighted by molar-refractivity contribution is 9.11. The topological polar surface area (TPSA) is 49.7 Å². The summed E-state index contributed by atoms with van der Waals surface area (Å²) >= 11 is 8.61. The number of phenolic OH excluding ortho intramolecular Hbond substituents is 1. The molecule has 1 N–H and O–H groups in total. The number of hydrogen-bond donors (Lipinski definition) is 1. The van der Waals surface area contributed by atoms with Crippen LogP contribution in [0, 0.1) is 5.82 Å². The molecule has 0 radical (unpaired) electrons. The molecule has 0 saturated heterocycles. The van der Waals surface area contributed by atoms with Gasteiger partial charge in [0.25, 0.3) is 5.91 Å². The van der Waals surface area contributed by atoms with Gasteiger partial charge in [-0.15, -0.1) is 11.8 Å². The van der Waals surface area contributed by atoms with Crippen molar-refractivity contribution in [1.29, 1.82) is 0 Å². The van der Waals surface area contributed by atoms with E-state index in [1.807, 2.05) is 6.26 Å². The third-order valence-electron chi connectivity index (χ3n) is 2.23. The third kappa shape index (κ3) is 3.07. The summed E-state index contributed by atoms with van der Waals surface area (Å²) in [6, 6.07) is 1.41. The van der Waals surface area contributed by atoms with Gasteiger partial charge < -0.3 is 5.11 Å². The maximum atomic E-state index is 13.5. The van der Waals surface area contributed by atoms with Crippen molar-refractivity contribution >= 4 is 71.7 Å². The van der Waals surface area contributed by atoms with E-state index in [1.54, 1.807) is 0 Å². The molecule has 8 heteroatoms. The Morgan fingerprint density at radius 1 is 1.53 bits per heavy atom. The molecule has 0 aliphatic carbocycles. The van der Waals surface area contributed by atoms with E-state index in [-0.39, 0.29) is 20.6 Å². The fraction of sp³-hybridized carbons (Fsp3) is 0.0909. The van der Waals surface area contributed by atoms with Crippen molar-refractivity contribution in [2.24, 2.45) is 4.99 Å². The summed E-state index contributed by atoms with van der Waals surface area (Å²) in [6.45, 7) is 0. The molecule has 0 spiro atoms. The van der Waals surface area contributed by atoms with Gasteiger partial charge in [0.2, 0.25) is 0 Å². The minimum absolute atomic E-state index is 0.0461. The second-order valence-corrected chi connectivity index (χ2v) is 7.15. The molecule has 3 nitrogen and oxygen atoms in total. The van der Waals surface area contributed by atoms with Gasteiger partial charge in [0.15, 0.2) is 5.82 Å². The Hall–Kier alpha value is -0.310. The van der Waals surface area contributed by atoms with Crippen LogP contribution in [-0.4, -0.2) is 21.6 Å². The van der Waals surface area contributed by atoms with Crippen LogP contribution in [0.1, 0.15) is 5.56 Å². The number of benzene rings is 1. The van der Waals surface area contributed by atoms with Crippen molar-refractivity contribution in [3.63, 3.8) is 0 Å². The highest BCUT2D eigenvalue weighted by Gasteiger charge is 2.22. The third-order valence-corrected chi connectivity index (χ3v) is 5.50. The SMILES string of the molecule is CSC1=NC(=O)C(=Cc2cc(Br)c(F)c(Br)c2O)S1. The lowest BCUT2D eigenvalue weighted by atomic mass is 10.2. The molecule has 1 aromatic carbocycles. The standard InChI is InChI=1S/C11H6Br2FNO2S2/c1-18-11-15-10(17)6(19-11)3-4-2-5(12)8(14)7(13)9(4)16/h2-3,16H,1H3. The molecule has 1 amide bonds. The number of nitrogens with zero attached hydrogens (tertiary/aromatic N) is 1. The van der Waals surface area contributed by atoms with Crippen molar-refractivity contribution in [2.45, 2.75) is 0 Å². The average Bonchev–Trinajstić information content (AvgIpc) is 2.74. The zero-order valence-corrected chi connectivity index (χ0v) is 14.2.